The van der Waals surface area contributed by atoms with Crippen LogP contribution in [0.25, 0.3) is 11.1 Å². The lowest BCUT2D eigenvalue weighted by atomic mass is 9.88. The van der Waals surface area contributed by atoms with Crippen molar-refractivity contribution in [2.24, 2.45) is 0 Å². The summed E-state index contributed by atoms with van der Waals surface area (Å²) in [6.45, 7) is 1.05. The van der Waals surface area contributed by atoms with Crippen molar-refractivity contribution in [1.29, 1.82) is 5.26 Å². The summed E-state index contributed by atoms with van der Waals surface area (Å²) in [7, 11) is 0. The lowest BCUT2D eigenvalue weighted by molar-refractivity contribution is -0.131. The average Bonchev–Trinajstić information content (AvgIpc) is 3.19. The van der Waals surface area contributed by atoms with E-state index in [0.29, 0.717) is 12.1 Å². The standard InChI is InChI=1S/C24H24N4O5/c25-13-19(27-22(30)24(28-23(31)32)7-9-33-10-8-24)11-15-1-3-16(4-2-15)17-5-6-20-18(12-17)14-26-21(20)29/h1-6,12,19,28H,7-11,14H2,(H,26,29)(H,27,30)(H,31,32). The van der Waals surface area contributed by atoms with Gasteiger partial charge in [0.15, 0.2) is 0 Å². The molecule has 0 bridgehead atoms. The average molecular weight is 448 g/mol. The van der Waals surface area contributed by atoms with E-state index < -0.39 is 23.6 Å². The summed E-state index contributed by atoms with van der Waals surface area (Å²) < 4.78 is 5.26. The molecule has 2 aliphatic heterocycles. The number of nitriles is 1. The van der Waals surface area contributed by atoms with E-state index in [1.54, 1.807) is 0 Å². The Balaban J connectivity index is 1.43. The fraction of sp³-hybridized carbons (Fsp3) is 0.333. The van der Waals surface area contributed by atoms with Gasteiger partial charge in [-0.05, 0) is 34.4 Å². The third-order valence-corrected chi connectivity index (χ3v) is 6.10. The summed E-state index contributed by atoms with van der Waals surface area (Å²) in [5.74, 6) is -0.574. The van der Waals surface area contributed by atoms with Gasteiger partial charge in [-0.1, -0.05) is 30.3 Å². The summed E-state index contributed by atoms with van der Waals surface area (Å²) in [4.78, 5) is 35.9. The maximum atomic E-state index is 12.9. The highest BCUT2D eigenvalue weighted by Crippen LogP contribution is 2.26. The van der Waals surface area contributed by atoms with Gasteiger partial charge >= 0.3 is 6.09 Å². The number of hydrogen-bond donors (Lipinski definition) is 4. The Bertz CT molecular complexity index is 1120. The van der Waals surface area contributed by atoms with Crippen LogP contribution in [0.15, 0.2) is 42.5 Å². The molecule has 0 spiro atoms. The molecule has 2 heterocycles. The Labute approximate surface area is 190 Å². The fourth-order valence-corrected chi connectivity index (χ4v) is 4.24. The molecule has 2 aromatic carbocycles. The largest absolute Gasteiger partial charge is 0.465 e. The predicted molar refractivity (Wildman–Crippen MR) is 118 cm³/mol. The molecular weight excluding hydrogens is 424 g/mol. The van der Waals surface area contributed by atoms with Crippen molar-refractivity contribution in [3.8, 4) is 17.2 Å². The zero-order chi connectivity index (χ0) is 23.4. The quantitative estimate of drug-likeness (QED) is 0.533. The molecule has 1 unspecified atom stereocenters. The van der Waals surface area contributed by atoms with Crippen molar-refractivity contribution in [1.82, 2.24) is 16.0 Å². The first kappa shape index (κ1) is 22.3. The zero-order valence-electron chi connectivity index (χ0n) is 17.9. The monoisotopic (exact) mass is 448 g/mol. The van der Waals surface area contributed by atoms with Crippen LogP contribution in [0.1, 0.15) is 34.3 Å². The van der Waals surface area contributed by atoms with Crippen LogP contribution in [-0.2, 0) is 22.5 Å². The molecule has 3 amide bonds. The summed E-state index contributed by atoms with van der Waals surface area (Å²) in [5, 5.41) is 26.6. The molecule has 4 N–H and O–H groups in total. The van der Waals surface area contributed by atoms with Crippen LogP contribution in [0.2, 0.25) is 0 Å². The van der Waals surface area contributed by atoms with Gasteiger partial charge in [-0.2, -0.15) is 5.26 Å². The minimum atomic E-state index is -1.30. The topological polar surface area (TPSA) is 141 Å². The van der Waals surface area contributed by atoms with Crippen LogP contribution in [0, 0.1) is 11.3 Å². The molecule has 1 fully saturated rings. The smallest absolute Gasteiger partial charge is 0.405 e. The summed E-state index contributed by atoms with van der Waals surface area (Å²) in [6.07, 6.45) is -0.590. The van der Waals surface area contributed by atoms with Crippen molar-refractivity contribution in [3.63, 3.8) is 0 Å². The molecule has 170 valence electrons. The molecule has 4 rings (SSSR count). The van der Waals surface area contributed by atoms with E-state index in [1.807, 2.05) is 42.5 Å². The second-order valence-electron chi connectivity index (χ2n) is 8.24. The SMILES string of the molecule is N#CC(Cc1ccc(-c2ccc3c(c2)CNC3=O)cc1)NC(=O)C1(NC(=O)O)CCOCC1. The third kappa shape index (κ3) is 4.81. The van der Waals surface area contributed by atoms with E-state index in [2.05, 4.69) is 22.0 Å². The Morgan fingerprint density at radius 1 is 1.15 bits per heavy atom. The van der Waals surface area contributed by atoms with Gasteiger partial charge < -0.3 is 25.8 Å². The molecule has 2 aliphatic rings. The number of ether oxygens (including phenoxy) is 1. The highest BCUT2D eigenvalue weighted by molar-refractivity contribution is 5.98. The summed E-state index contributed by atoms with van der Waals surface area (Å²) >= 11 is 0. The molecule has 0 radical (unpaired) electrons. The number of rotatable bonds is 6. The van der Waals surface area contributed by atoms with Crippen molar-refractivity contribution < 1.29 is 24.2 Å². The van der Waals surface area contributed by atoms with Crippen LogP contribution < -0.4 is 16.0 Å². The number of carbonyl (C=O) groups is 3. The Morgan fingerprint density at radius 2 is 1.85 bits per heavy atom. The van der Waals surface area contributed by atoms with Gasteiger partial charge in [0.05, 0.1) is 6.07 Å². The molecule has 0 aromatic heterocycles. The highest BCUT2D eigenvalue weighted by Gasteiger charge is 2.42. The van der Waals surface area contributed by atoms with E-state index in [-0.39, 0.29) is 38.4 Å². The third-order valence-electron chi connectivity index (χ3n) is 6.10. The van der Waals surface area contributed by atoms with Gasteiger partial charge in [0.25, 0.3) is 5.91 Å². The predicted octanol–water partition coefficient (Wildman–Crippen LogP) is 1.96. The number of nitrogens with zero attached hydrogens (tertiary/aromatic N) is 1. The van der Waals surface area contributed by atoms with Crippen LogP contribution in [0.3, 0.4) is 0 Å². The van der Waals surface area contributed by atoms with Crippen LogP contribution in [0.5, 0.6) is 0 Å². The van der Waals surface area contributed by atoms with Crippen molar-refractivity contribution in [2.75, 3.05) is 13.2 Å². The maximum Gasteiger partial charge on any atom is 0.405 e. The molecule has 0 aliphatic carbocycles. The van der Waals surface area contributed by atoms with Gasteiger partial charge in [-0.15, -0.1) is 0 Å². The molecule has 0 saturated carbocycles. The molecular formula is C24H24N4O5. The maximum absolute atomic E-state index is 12.9. The number of carbonyl (C=O) groups excluding carboxylic acids is 2. The fourth-order valence-electron chi connectivity index (χ4n) is 4.24. The number of nitrogens with one attached hydrogen (secondary N) is 3. The van der Waals surface area contributed by atoms with Gasteiger partial charge in [0.1, 0.15) is 11.6 Å². The minimum absolute atomic E-state index is 0.0578. The molecule has 1 atom stereocenters. The highest BCUT2D eigenvalue weighted by atomic mass is 16.5. The summed E-state index contributed by atoms with van der Waals surface area (Å²) in [5.41, 5.74) is 3.19. The Hall–Kier alpha value is -3.90. The first-order valence-corrected chi connectivity index (χ1v) is 10.7. The van der Waals surface area contributed by atoms with E-state index in [9.17, 15) is 24.8 Å². The van der Waals surface area contributed by atoms with Crippen LogP contribution in [-0.4, -0.2) is 47.8 Å². The zero-order valence-corrected chi connectivity index (χ0v) is 17.9. The second kappa shape index (κ2) is 9.30. The summed E-state index contributed by atoms with van der Waals surface area (Å²) in [6, 6.07) is 14.6. The van der Waals surface area contributed by atoms with E-state index >= 15 is 0 Å². The van der Waals surface area contributed by atoms with Crippen molar-refractivity contribution in [2.45, 2.75) is 37.4 Å². The Kier molecular flexibility index (Phi) is 6.29. The van der Waals surface area contributed by atoms with E-state index in [4.69, 9.17) is 4.74 Å². The van der Waals surface area contributed by atoms with Gasteiger partial charge in [-0.3, -0.25) is 9.59 Å². The van der Waals surface area contributed by atoms with Crippen LogP contribution >= 0.6 is 0 Å². The van der Waals surface area contributed by atoms with Gasteiger partial charge in [-0.25, -0.2) is 4.79 Å². The molecule has 2 aromatic rings. The molecule has 33 heavy (non-hydrogen) atoms. The number of carboxylic acid groups (broad SMARTS) is 1. The van der Waals surface area contributed by atoms with Crippen molar-refractivity contribution in [3.05, 3.63) is 59.2 Å². The number of fused-ring (bicyclic) bond motifs is 1. The van der Waals surface area contributed by atoms with Gasteiger partial charge in [0.2, 0.25) is 5.91 Å². The lowest BCUT2D eigenvalue weighted by Gasteiger charge is -2.36. The second-order valence-corrected chi connectivity index (χ2v) is 8.24. The minimum Gasteiger partial charge on any atom is -0.465 e. The number of amides is 3. The van der Waals surface area contributed by atoms with Crippen LogP contribution in [0.4, 0.5) is 4.79 Å². The van der Waals surface area contributed by atoms with E-state index in [0.717, 1.165) is 22.3 Å². The Morgan fingerprint density at radius 3 is 2.52 bits per heavy atom. The first-order chi connectivity index (χ1) is 15.9. The van der Waals surface area contributed by atoms with Crippen molar-refractivity contribution >= 4 is 17.9 Å². The molecule has 1 saturated heterocycles. The molecule has 9 heteroatoms. The molecule has 9 nitrogen and oxygen atoms in total. The number of hydrogen-bond acceptors (Lipinski definition) is 5. The van der Waals surface area contributed by atoms with E-state index in [1.165, 1.54) is 0 Å². The normalized spacial score (nSPS) is 17.2. The lowest BCUT2D eigenvalue weighted by Crippen LogP contribution is -2.62. The first-order valence-electron chi connectivity index (χ1n) is 10.7. The van der Waals surface area contributed by atoms with Gasteiger partial charge in [0, 0.05) is 44.6 Å². The number of benzene rings is 2.